The van der Waals surface area contributed by atoms with Crippen LogP contribution < -0.4 is 5.32 Å². The lowest BCUT2D eigenvalue weighted by atomic mass is 10.1. The van der Waals surface area contributed by atoms with Crippen molar-refractivity contribution >= 4 is 40.0 Å². The van der Waals surface area contributed by atoms with Crippen LogP contribution in [0.1, 0.15) is 23.6 Å². The molecular formula is C18H16ClN3S. The monoisotopic (exact) mass is 341 g/mol. The quantitative estimate of drug-likeness (QED) is 0.531. The molecule has 3 nitrogen and oxygen atoms in total. The van der Waals surface area contributed by atoms with E-state index in [0.717, 1.165) is 30.2 Å². The van der Waals surface area contributed by atoms with Crippen molar-refractivity contribution in [2.24, 2.45) is 0 Å². The largest absolute Gasteiger partial charge is 0.369 e. The molecule has 1 aliphatic rings. The number of hydrogen-bond donors (Lipinski definition) is 1. The van der Waals surface area contributed by atoms with Crippen LogP contribution in [-0.2, 0) is 6.42 Å². The Hall–Kier alpha value is -1.78. The van der Waals surface area contributed by atoms with Gasteiger partial charge in [0.2, 0.25) is 0 Å². The first-order chi connectivity index (χ1) is 11.2. The van der Waals surface area contributed by atoms with Gasteiger partial charge in [0.15, 0.2) is 0 Å². The van der Waals surface area contributed by atoms with Gasteiger partial charge in [-0.25, -0.2) is 9.97 Å². The van der Waals surface area contributed by atoms with Crippen molar-refractivity contribution in [3.63, 3.8) is 0 Å². The standard InChI is InChI=1S/C18H16ClN3S/c1-11(17-21-16(19)15-8-9-20-18(15)22-17)23-14-7-6-12-4-2-3-5-13(12)10-14/h2-7,10-11H,8-9H2,1H3,(H,20,21,22). The van der Waals surface area contributed by atoms with Crippen LogP contribution in [0.15, 0.2) is 47.4 Å². The maximum atomic E-state index is 6.30. The van der Waals surface area contributed by atoms with Gasteiger partial charge in [0.25, 0.3) is 0 Å². The number of rotatable bonds is 3. The molecule has 0 spiro atoms. The lowest BCUT2D eigenvalue weighted by Crippen LogP contribution is -2.02. The average molecular weight is 342 g/mol. The summed E-state index contributed by atoms with van der Waals surface area (Å²) in [6.45, 7) is 3.01. The van der Waals surface area contributed by atoms with Crippen molar-refractivity contribution in [1.82, 2.24) is 9.97 Å². The third-order valence-electron chi connectivity index (χ3n) is 4.04. The smallest absolute Gasteiger partial charge is 0.145 e. The highest BCUT2D eigenvalue weighted by molar-refractivity contribution is 7.99. The lowest BCUT2D eigenvalue weighted by Gasteiger charge is -2.12. The van der Waals surface area contributed by atoms with E-state index >= 15 is 0 Å². The molecule has 4 rings (SSSR count). The van der Waals surface area contributed by atoms with Gasteiger partial charge in [-0.2, -0.15) is 0 Å². The van der Waals surface area contributed by atoms with Crippen molar-refractivity contribution in [2.45, 2.75) is 23.5 Å². The maximum Gasteiger partial charge on any atom is 0.145 e. The molecule has 116 valence electrons. The van der Waals surface area contributed by atoms with E-state index in [9.17, 15) is 0 Å². The first-order valence-electron chi connectivity index (χ1n) is 7.66. The van der Waals surface area contributed by atoms with Gasteiger partial charge in [-0.1, -0.05) is 41.9 Å². The van der Waals surface area contributed by atoms with Gasteiger partial charge in [-0.3, -0.25) is 0 Å². The van der Waals surface area contributed by atoms with E-state index in [0.29, 0.717) is 5.15 Å². The molecule has 2 aromatic carbocycles. The van der Waals surface area contributed by atoms with E-state index in [1.54, 1.807) is 11.8 Å². The number of benzene rings is 2. The normalized spacial score (nSPS) is 14.5. The van der Waals surface area contributed by atoms with E-state index < -0.39 is 0 Å². The third kappa shape index (κ3) is 2.89. The van der Waals surface area contributed by atoms with Crippen LogP contribution in [0, 0.1) is 0 Å². The van der Waals surface area contributed by atoms with E-state index in [2.05, 4.69) is 64.7 Å². The summed E-state index contributed by atoms with van der Waals surface area (Å²) >= 11 is 8.05. The number of nitrogens with one attached hydrogen (secondary N) is 1. The first-order valence-corrected chi connectivity index (χ1v) is 8.92. The highest BCUT2D eigenvalue weighted by Crippen LogP contribution is 2.37. The molecule has 0 saturated heterocycles. The second-order valence-electron chi connectivity index (χ2n) is 5.65. The summed E-state index contributed by atoms with van der Waals surface area (Å²) in [5, 5.41) is 6.51. The minimum atomic E-state index is 0.140. The van der Waals surface area contributed by atoms with E-state index in [1.807, 2.05) is 0 Å². The molecule has 0 bridgehead atoms. The Morgan fingerprint density at radius 3 is 2.83 bits per heavy atom. The van der Waals surface area contributed by atoms with Crippen molar-refractivity contribution in [3.8, 4) is 0 Å². The fraction of sp³-hybridized carbons (Fsp3) is 0.222. The summed E-state index contributed by atoms with van der Waals surface area (Å²) in [4.78, 5) is 10.4. The van der Waals surface area contributed by atoms with Crippen LogP contribution in [0.3, 0.4) is 0 Å². The number of aromatic nitrogens is 2. The van der Waals surface area contributed by atoms with Crippen molar-refractivity contribution in [2.75, 3.05) is 11.9 Å². The molecule has 1 N–H and O–H groups in total. The SMILES string of the molecule is CC(Sc1ccc2ccccc2c1)c1nc(Cl)c2c(n1)NCC2. The molecule has 3 aromatic rings. The average Bonchev–Trinajstić information content (AvgIpc) is 3.04. The Kier molecular flexibility index (Phi) is 3.87. The zero-order valence-corrected chi connectivity index (χ0v) is 14.3. The molecule has 1 unspecified atom stereocenters. The van der Waals surface area contributed by atoms with Gasteiger partial charge in [0, 0.05) is 17.0 Å². The van der Waals surface area contributed by atoms with Gasteiger partial charge in [0.05, 0.1) is 5.25 Å². The Labute approximate surface area is 144 Å². The zero-order chi connectivity index (χ0) is 15.8. The molecular weight excluding hydrogens is 326 g/mol. The molecule has 0 amide bonds. The number of hydrogen-bond acceptors (Lipinski definition) is 4. The zero-order valence-electron chi connectivity index (χ0n) is 12.7. The molecule has 1 aliphatic heterocycles. The second kappa shape index (κ2) is 6.02. The Bertz CT molecular complexity index is 881. The molecule has 2 heterocycles. The first kappa shape index (κ1) is 14.8. The number of anilines is 1. The van der Waals surface area contributed by atoms with Gasteiger partial charge in [-0.15, -0.1) is 11.8 Å². The summed E-state index contributed by atoms with van der Waals surface area (Å²) < 4.78 is 0. The number of fused-ring (bicyclic) bond motifs is 2. The van der Waals surface area contributed by atoms with Crippen LogP contribution in [0.2, 0.25) is 5.15 Å². The number of halogens is 1. The fourth-order valence-corrected chi connectivity index (χ4v) is 4.06. The molecule has 1 atom stereocenters. The molecule has 1 aromatic heterocycles. The van der Waals surface area contributed by atoms with E-state index in [4.69, 9.17) is 11.6 Å². The summed E-state index contributed by atoms with van der Waals surface area (Å²) in [6, 6.07) is 14.9. The summed E-state index contributed by atoms with van der Waals surface area (Å²) in [5.74, 6) is 1.67. The molecule has 0 saturated carbocycles. The predicted octanol–water partition coefficient (Wildman–Crippen LogP) is 5.10. The Balaban J connectivity index is 1.61. The third-order valence-corrected chi connectivity index (χ3v) is 5.44. The topological polar surface area (TPSA) is 37.8 Å². The Morgan fingerprint density at radius 2 is 1.96 bits per heavy atom. The summed E-state index contributed by atoms with van der Waals surface area (Å²) in [7, 11) is 0. The fourth-order valence-electron chi connectivity index (χ4n) is 2.83. The number of thioether (sulfide) groups is 1. The van der Waals surface area contributed by atoms with Gasteiger partial charge < -0.3 is 5.32 Å². The molecule has 23 heavy (non-hydrogen) atoms. The van der Waals surface area contributed by atoms with Crippen molar-refractivity contribution in [1.29, 1.82) is 0 Å². The minimum absolute atomic E-state index is 0.140. The van der Waals surface area contributed by atoms with Crippen LogP contribution in [-0.4, -0.2) is 16.5 Å². The Morgan fingerprint density at radius 1 is 1.13 bits per heavy atom. The lowest BCUT2D eigenvalue weighted by molar-refractivity contribution is 0.917. The molecule has 0 fully saturated rings. The maximum absolute atomic E-state index is 6.30. The van der Waals surface area contributed by atoms with Crippen LogP contribution in [0.4, 0.5) is 5.82 Å². The van der Waals surface area contributed by atoms with Crippen molar-refractivity contribution in [3.05, 3.63) is 59.0 Å². The van der Waals surface area contributed by atoms with E-state index in [1.165, 1.54) is 15.7 Å². The minimum Gasteiger partial charge on any atom is -0.369 e. The summed E-state index contributed by atoms with van der Waals surface area (Å²) in [5.41, 5.74) is 1.04. The predicted molar refractivity (Wildman–Crippen MR) is 97.5 cm³/mol. The molecule has 0 radical (unpaired) electrons. The van der Waals surface area contributed by atoms with Crippen LogP contribution in [0.25, 0.3) is 10.8 Å². The summed E-state index contributed by atoms with van der Waals surface area (Å²) in [6.07, 6.45) is 0.903. The van der Waals surface area contributed by atoms with Crippen molar-refractivity contribution < 1.29 is 0 Å². The van der Waals surface area contributed by atoms with Gasteiger partial charge in [-0.05, 0) is 36.2 Å². The molecule has 5 heteroatoms. The highest BCUT2D eigenvalue weighted by atomic mass is 35.5. The highest BCUT2D eigenvalue weighted by Gasteiger charge is 2.20. The second-order valence-corrected chi connectivity index (χ2v) is 7.42. The van der Waals surface area contributed by atoms with E-state index in [-0.39, 0.29) is 5.25 Å². The van der Waals surface area contributed by atoms with Gasteiger partial charge >= 0.3 is 0 Å². The molecule has 0 aliphatic carbocycles. The van der Waals surface area contributed by atoms with Gasteiger partial charge in [0.1, 0.15) is 16.8 Å². The number of nitrogens with zero attached hydrogens (tertiary/aromatic N) is 2. The van der Waals surface area contributed by atoms with Crippen LogP contribution >= 0.6 is 23.4 Å². The van der Waals surface area contributed by atoms with Crippen LogP contribution in [0.5, 0.6) is 0 Å².